The van der Waals surface area contributed by atoms with Crippen molar-refractivity contribution in [3.05, 3.63) is 34.6 Å². The molecule has 222 valence electrons. The highest BCUT2D eigenvalue weighted by Crippen LogP contribution is 2.32. The minimum absolute atomic E-state index is 0.0772. The van der Waals surface area contributed by atoms with Crippen molar-refractivity contribution in [1.82, 2.24) is 20.2 Å². The summed E-state index contributed by atoms with van der Waals surface area (Å²) in [6.45, 7) is 6.88. The van der Waals surface area contributed by atoms with Gasteiger partial charge in [0, 0.05) is 43.9 Å². The van der Waals surface area contributed by atoms with Crippen molar-refractivity contribution >= 4 is 18.2 Å². The third-order valence-electron chi connectivity index (χ3n) is 8.77. The van der Waals surface area contributed by atoms with E-state index in [4.69, 9.17) is 0 Å². The van der Waals surface area contributed by atoms with Crippen molar-refractivity contribution in [2.24, 2.45) is 17.3 Å². The quantitative estimate of drug-likeness (QED) is 0.206. The predicted octanol–water partition coefficient (Wildman–Crippen LogP) is 3.64. The molecule has 2 heterocycles. The third-order valence-corrected chi connectivity index (χ3v) is 8.77. The van der Waals surface area contributed by atoms with E-state index >= 15 is 0 Å². The standard InChI is InChI=1S/C29H41F3N4O4/c1-29(2,3)26(33-27(38)19(14-36(40)17-37)12-18-6-4-5-7-18)28(39)35-10-8-20(15-35)34-11-9-21-22(16-34)23(30)13-24(31)25(21)32/h13,17-20,26,40H,4-12,14-16H2,1-3H3,(H,33,38)/t19-,20-,26-/m1/s1. The molecule has 0 spiro atoms. The number of nitrogens with one attached hydrogen (secondary N) is 1. The number of fused-ring (bicyclic) bond motifs is 1. The lowest BCUT2D eigenvalue weighted by molar-refractivity contribution is -0.155. The van der Waals surface area contributed by atoms with E-state index in [-0.39, 0.29) is 54.9 Å². The van der Waals surface area contributed by atoms with Crippen LogP contribution in [-0.4, -0.2) is 76.6 Å². The Kier molecular flexibility index (Phi) is 9.44. The van der Waals surface area contributed by atoms with Gasteiger partial charge in [0.1, 0.15) is 11.9 Å². The van der Waals surface area contributed by atoms with Gasteiger partial charge in [-0.1, -0.05) is 46.5 Å². The Morgan fingerprint density at radius 2 is 1.82 bits per heavy atom. The number of rotatable bonds is 9. The number of benzene rings is 1. The molecule has 2 N–H and O–H groups in total. The number of carbonyl (C=O) groups is 3. The minimum atomic E-state index is -1.18. The maximum atomic E-state index is 14.5. The number of hydroxylamine groups is 2. The van der Waals surface area contributed by atoms with E-state index in [1.807, 2.05) is 25.7 Å². The molecule has 40 heavy (non-hydrogen) atoms. The number of hydrogen-bond acceptors (Lipinski definition) is 5. The Bertz CT molecular complexity index is 1110. The molecule has 8 nitrogen and oxygen atoms in total. The van der Waals surface area contributed by atoms with E-state index in [0.29, 0.717) is 49.5 Å². The molecule has 0 bridgehead atoms. The van der Waals surface area contributed by atoms with Gasteiger partial charge in [-0.15, -0.1) is 0 Å². The predicted molar refractivity (Wildman–Crippen MR) is 141 cm³/mol. The first-order chi connectivity index (χ1) is 18.9. The Hall–Kier alpha value is -2.66. The second-order valence-corrected chi connectivity index (χ2v) is 12.7. The first kappa shape index (κ1) is 30.3. The average Bonchev–Trinajstić information content (AvgIpc) is 3.61. The van der Waals surface area contributed by atoms with Crippen LogP contribution in [0, 0.1) is 34.7 Å². The maximum absolute atomic E-state index is 14.5. The molecule has 3 atom stereocenters. The lowest BCUT2D eigenvalue weighted by Gasteiger charge is -2.36. The van der Waals surface area contributed by atoms with Crippen molar-refractivity contribution in [3.8, 4) is 0 Å². The van der Waals surface area contributed by atoms with Crippen molar-refractivity contribution < 1.29 is 32.8 Å². The van der Waals surface area contributed by atoms with E-state index < -0.39 is 34.8 Å². The van der Waals surface area contributed by atoms with E-state index in [9.17, 15) is 32.8 Å². The maximum Gasteiger partial charge on any atom is 0.245 e. The molecule has 1 aliphatic carbocycles. The van der Waals surface area contributed by atoms with Gasteiger partial charge in [-0.05, 0) is 36.2 Å². The Balaban J connectivity index is 1.43. The third kappa shape index (κ3) is 6.79. The van der Waals surface area contributed by atoms with Crippen LogP contribution in [0.3, 0.4) is 0 Å². The summed E-state index contributed by atoms with van der Waals surface area (Å²) >= 11 is 0. The summed E-state index contributed by atoms with van der Waals surface area (Å²) in [6, 6.07) is -0.319. The normalized spacial score (nSPS) is 21.7. The highest BCUT2D eigenvalue weighted by atomic mass is 19.2. The number of amides is 3. The molecule has 0 aromatic heterocycles. The fourth-order valence-corrected chi connectivity index (χ4v) is 6.48. The summed E-state index contributed by atoms with van der Waals surface area (Å²) in [5.74, 6) is -3.83. The number of nitrogens with zero attached hydrogens (tertiary/aromatic N) is 3. The second-order valence-electron chi connectivity index (χ2n) is 12.7. The minimum Gasteiger partial charge on any atom is -0.344 e. The summed E-state index contributed by atoms with van der Waals surface area (Å²) in [6.07, 6.45) is 5.82. The first-order valence-corrected chi connectivity index (χ1v) is 14.3. The van der Waals surface area contributed by atoms with Crippen molar-refractivity contribution in [2.45, 2.75) is 84.3 Å². The zero-order valence-corrected chi connectivity index (χ0v) is 23.6. The van der Waals surface area contributed by atoms with Crippen molar-refractivity contribution in [3.63, 3.8) is 0 Å². The van der Waals surface area contributed by atoms with Crippen LogP contribution in [-0.2, 0) is 27.3 Å². The van der Waals surface area contributed by atoms with Gasteiger partial charge in [-0.25, -0.2) is 18.2 Å². The van der Waals surface area contributed by atoms with Crippen LogP contribution in [0.4, 0.5) is 13.2 Å². The summed E-state index contributed by atoms with van der Waals surface area (Å²) < 4.78 is 42.3. The van der Waals surface area contributed by atoms with Crippen molar-refractivity contribution in [2.75, 3.05) is 26.2 Å². The number of hydrogen-bond donors (Lipinski definition) is 2. The summed E-state index contributed by atoms with van der Waals surface area (Å²) in [7, 11) is 0. The zero-order valence-electron chi connectivity index (χ0n) is 23.6. The first-order valence-electron chi connectivity index (χ1n) is 14.3. The van der Waals surface area contributed by atoms with Crippen molar-refractivity contribution in [1.29, 1.82) is 0 Å². The fourth-order valence-electron chi connectivity index (χ4n) is 6.48. The molecule has 3 aliphatic rings. The molecule has 1 saturated carbocycles. The molecule has 2 aliphatic heterocycles. The van der Waals surface area contributed by atoms with Gasteiger partial charge in [0.15, 0.2) is 11.6 Å². The van der Waals surface area contributed by atoms with Crippen LogP contribution in [0.2, 0.25) is 0 Å². The Labute approximate surface area is 233 Å². The number of carbonyl (C=O) groups excluding carboxylic acids is 3. The van der Waals surface area contributed by atoms with Crippen LogP contribution >= 0.6 is 0 Å². The van der Waals surface area contributed by atoms with E-state index in [1.54, 1.807) is 4.90 Å². The van der Waals surface area contributed by atoms with Gasteiger partial charge >= 0.3 is 0 Å². The zero-order chi connectivity index (χ0) is 29.2. The SMILES string of the molecule is CC(C)(C)[C@H](NC(=O)[C@H](CC1CCCC1)CN(O)C=O)C(=O)N1CC[C@@H](N2CCc3c(F)c(F)cc(F)c3C2)C1. The van der Waals surface area contributed by atoms with E-state index in [0.717, 1.165) is 25.7 Å². The molecule has 2 fully saturated rings. The second kappa shape index (κ2) is 12.5. The van der Waals surface area contributed by atoms with Gasteiger partial charge in [-0.2, -0.15) is 0 Å². The van der Waals surface area contributed by atoms with E-state index in [1.165, 1.54) is 0 Å². The van der Waals surface area contributed by atoms with Gasteiger partial charge in [-0.3, -0.25) is 24.5 Å². The molecule has 0 unspecified atom stereocenters. The number of halogens is 3. The topological polar surface area (TPSA) is 93.2 Å². The average molecular weight is 567 g/mol. The number of likely N-dealkylation sites (tertiary alicyclic amines) is 1. The van der Waals surface area contributed by atoms with Gasteiger partial charge in [0.05, 0.1) is 12.5 Å². The lowest BCUT2D eigenvalue weighted by atomic mass is 9.84. The monoisotopic (exact) mass is 566 g/mol. The van der Waals surface area contributed by atoms with Gasteiger partial charge in [0.2, 0.25) is 18.2 Å². The molecule has 1 aromatic carbocycles. The molecule has 11 heteroatoms. The highest BCUT2D eigenvalue weighted by molar-refractivity contribution is 5.89. The Morgan fingerprint density at radius 3 is 2.48 bits per heavy atom. The summed E-state index contributed by atoms with van der Waals surface area (Å²) in [4.78, 5) is 42.0. The summed E-state index contributed by atoms with van der Waals surface area (Å²) in [5, 5.41) is 13.3. The van der Waals surface area contributed by atoms with Crippen LogP contribution in [0.15, 0.2) is 6.07 Å². The molecule has 4 rings (SSSR count). The van der Waals surface area contributed by atoms with Crippen LogP contribution in [0.5, 0.6) is 0 Å². The van der Waals surface area contributed by atoms with Crippen LogP contribution in [0.25, 0.3) is 0 Å². The van der Waals surface area contributed by atoms with Crippen LogP contribution in [0.1, 0.15) is 70.4 Å². The van der Waals surface area contributed by atoms with E-state index in [2.05, 4.69) is 5.32 Å². The molecular formula is C29H41F3N4O4. The molecule has 3 amide bonds. The van der Waals surface area contributed by atoms with Gasteiger partial charge in [0.25, 0.3) is 0 Å². The molecular weight excluding hydrogens is 525 g/mol. The Morgan fingerprint density at radius 1 is 1.12 bits per heavy atom. The summed E-state index contributed by atoms with van der Waals surface area (Å²) in [5.41, 5.74) is -0.365. The molecule has 0 radical (unpaired) electrons. The molecule has 1 aromatic rings. The highest BCUT2D eigenvalue weighted by Gasteiger charge is 2.41. The van der Waals surface area contributed by atoms with Gasteiger partial charge < -0.3 is 10.2 Å². The largest absolute Gasteiger partial charge is 0.344 e. The van der Waals surface area contributed by atoms with Crippen LogP contribution < -0.4 is 5.32 Å². The fraction of sp³-hybridized carbons (Fsp3) is 0.690. The molecule has 1 saturated heterocycles. The smallest absolute Gasteiger partial charge is 0.245 e. The lowest BCUT2D eigenvalue weighted by Crippen LogP contribution is -2.56.